The number of ketones is 1. The Morgan fingerprint density at radius 3 is 2.67 bits per heavy atom. The van der Waals surface area contributed by atoms with Crippen molar-refractivity contribution in [2.24, 2.45) is 0 Å². The van der Waals surface area contributed by atoms with Crippen molar-refractivity contribution < 1.29 is 9.59 Å². The number of rotatable bonds is 2. The lowest BCUT2D eigenvalue weighted by Gasteiger charge is -2.37. The van der Waals surface area contributed by atoms with E-state index in [0.29, 0.717) is 24.7 Å². The monoisotopic (exact) mass is 246 g/mol. The molecule has 2 aliphatic rings. The fourth-order valence-electron chi connectivity index (χ4n) is 3.15. The lowest BCUT2D eigenvalue weighted by atomic mass is 9.99. The van der Waals surface area contributed by atoms with Crippen LogP contribution < -0.4 is 0 Å². The quantitative estimate of drug-likeness (QED) is 0.738. The number of aldehydes is 1. The summed E-state index contributed by atoms with van der Waals surface area (Å²) in [6, 6.07) is 4.51. The second-order valence-electron chi connectivity index (χ2n) is 5.24. The second kappa shape index (κ2) is 4.69. The van der Waals surface area contributed by atoms with Gasteiger partial charge in [0.1, 0.15) is 5.78 Å². The third-order valence-electron chi connectivity index (χ3n) is 4.23. The van der Waals surface area contributed by atoms with Gasteiger partial charge in [-0.05, 0) is 18.6 Å². The highest BCUT2D eigenvalue weighted by molar-refractivity contribution is 5.79. The fraction of sp³-hybridized carbons (Fsp3) is 0.571. The van der Waals surface area contributed by atoms with Gasteiger partial charge in [0.25, 0.3) is 0 Å². The molecule has 0 saturated carbocycles. The molecule has 1 fully saturated rings. The van der Waals surface area contributed by atoms with Crippen molar-refractivity contribution in [3.05, 3.63) is 23.5 Å². The van der Waals surface area contributed by atoms with Crippen molar-refractivity contribution in [1.29, 1.82) is 0 Å². The van der Waals surface area contributed by atoms with E-state index in [2.05, 4.69) is 15.5 Å². The van der Waals surface area contributed by atoms with Gasteiger partial charge in [-0.3, -0.25) is 14.5 Å². The third kappa shape index (κ3) is 2.01. The summed E-state index contributed by atoms with van der Waals surface area (Å²) < 4.78 is 2.12. The molecule has 1 aromatic rings. The van der Waals surface area contributed by atoms with Gasteiger partial charge < -0.3 is 4.57 Å². The molecule has 0 aromatic carbocycles. The minimum Gasteiger partial charge on any atom is -0.342 e. The van der Waals surface area contributed by atoms with Crippen LogP contribution in [0.25, 0.3) is 0 Å². The first-order chi connectivity index (χ1) is 8.78. The molecule has 2 aliphatic heterocycles. The SMILES string of the molecule is O=Cc1ccc2n1CCC(N1CCC(=O)CC1)C2. The van der Waals surface area contributed by atoms with Gasteiger partial charge in [-0.1, -0.05) is 0 Å². The van der Waals surface area contributed by atoms with Crippen LogP contribution in [0.3, 0.4) is 0 Å². The van der Waals surface area contributed by atoms with E-state index in [1.54, 1.807) is 0 Å². The normalized spacial score (nSPS) is 24.9. The van der Waals surface area contributed by atoms with Crippen LogP contribution in [0.15, 0.2) is 12.1 Å². The van der Waals surface area contributed by atoms with Gasteiger partial charge in [0.2, 0.25) is 0 Å². The summed E-state index contributed by atoms with van der Waals surface area (Å²) in [5, 5.41) is 0. The largest absolute Gasteiger partial charge is 0.342 e. The molecule has 0 radical (unpaired) electrons. The molecular formula is C14H18N2O2. The van der Waals surface area contributed by atoms with E-state index in [1.807, 2.05) is 6.07 Å². The van der Waals surface area contributed by atoms with Crippen LogP contribution in [0.5, 0.6) is 0 Å². The number of Topliss-reactive ketones (excluding diaryl/α,β-unsaturated/α-hetero) is 1. The number of aromatic nitrogens is 1. The molecule has 0 bridgehead atoms. The Labute approximate surface area is 107 Å². The molecule has 3 heterocycles. The molecule has 4 nitrogen and oxygen atoms in total. The summed E-state index contributed by atoms with van der Waals surface area (Å²) in [5.74, 6) is 0.397. The molecule has 1 saturated heterocycles. The van der Waals surface area contributed by atoms with Crippen LogP contribution in [0.4, 0.5) is 0 Å². The summed E-state index contributed by atoms with van der Waals surface area (Å²) in [6.45, 7) is 2.74. The van der Waals surface area contributed by atoms with Gasteiger partial charge in [-0.2, -0.15) is 0 Å². The van der Waals surface area contributed by atoms with E-state index in [4.69, 9.17) is 0 Å². The Morgan fingerprint density at radius 1 is 1.17 bits per heavy atom. The summed E-state index contributed by atoms with van der Waals surface area (Å²) in [5.41, 5.74) is 2.04. The van der Waals surface area contributed by atoms with E-state index >= 15 is 0 Å². The average molecular weight is 246 g/mol. The number of carbonyl (C=O) groups excluding carboxylic acids is 2. The predicted octanol–water partition coefficient (Wildman–Crippen LogP) is 1.28. The molecule has 1 unspecified atom stereocenters. The second-order valence-corrected chi connectivity index (χ2v) is 5.24. The van der Waals surface area contributed by atoms with Crippen molar-refractivity contribution >= 4 is 12.1 Å². The number of hydrogen-bond acceptors (Lipinski definition) is 3. The van der Waals surface area contributed by atoms with Gasteiger partial charge in [-0.25, -0.2) is 0 Å². The zero-order valence-electron chi connectivity index (χ0n) is 10.5. The Morgan fingerprint density at radius 2 is 1.94 bits per heavy atom. The van der Waals surface area contributed by atoms with Crippen molar-refractivity contribution in [1.82, 2.24) is 9.47 Å². The van der Waals surface area contributed by atoms with E-state index in [-0.39, 0.29) is 0 Å². The Bertz CT molecular complexity index is 468. The van der Waals surface area contributed by atoms with E-state index in [9.17, 15) is 9.59 Å². The molecule has 96 valence electrons. The molecule has 0 aliphatic carbocycles. The first-order valence-corrected chi connectivity index (χ1v) is 6.67. The first-order valence-electron chi connectivity index (χ1n) is 6.67. The van der Waals surface area contributed by atoms with E-state index in [1.165, 1.54) is 5.69 Å². The minimum atomic E-state index is 0.397. The topological polar surface area (TPSA) is 42.3 Å². The molecule has 18 heavy (non-hydrogen) atoms. The number of piperidine rings is 1. The molecule has 3 rings (SSSR count). The molecule has 4 heteroatoms. The minimum absolute atomic E-state index is 0.397. The first kappa shape index (κ1) is 11.7. The smallest absolute Gasteiger partial charge is 0.166 e. The molecule has 1 atom stereocenters. The van der Waals surface area contributed by atoms with Crippen molar-refractivity contribution in [3.63, 3.8) is 0 Å². The number of fused-ring (bicyclic) bond motifs is 1. The van der Waals surface area contributed by atoms with Gasteiger partial charge in [0, 0.05) is 50.6 Å². The van der Waals surface area contributed by atoms with Gasteiger partial charge >= 0.3 is 0 Å². The summed E-state index contributed by atoms with van der Waals surface area (Å²) >= 11 is 0. The summed E-state index contributed by atoms with van der Waals surface area (Å²) in [7, 11) is 0. The zero-order chi connectivity index (χ0) is 12.5. The maximum Gasteiger partial charge on any atom is 0.166 e. The number of hydrogen-bond donors (Lipinski definition) is 0. The highest BCUT2D eigenvalue weighted by Crippen LogP contribution is 2.23. The molecule has 0 N–H and O–H groups in total. The van der Waals surface area contributed by atoms with Crippen LogP contribution in [-0.2, 0) is 17.8 Å². The highest BCUT2D eigenvalue weighted by Gasteiger charge is 2.27. The molecule has 0 amide bonds. The molecule has 0 spiro atoms. The Kier molecular flexibility index (Phi) is 3.04. The molecule has 1 aromatic heterocycles. The zero-order valence-corrected chi connectivity index (χ0v) is 10.5. The number of nitrogens with zero attached hydrogens (tertiary/aromatic N) is 2. The van der Waals surface area contributed by atoms with Gasteiger partial charge in [0.15, 0.2) is 6.29 Å². The van der Waals surface area contributed by atoms with Crippen molar-refractivity contribution in [2.45, 2.75) is 38.3 Å². The maximum atomic E-state index is 11.3. The van der Waals surface area contributed by atoms with E-state index in [0.717, 1.165) is 44.5 Å². The van der Waals surface area contributed by atoms with Crippen molar-refractivity contribution in [3.8, 4) is 0 Å². The van der Waals surface area contributed by atoms with Crippen molar-refractivity contribution in [2.75, 3.05) is 13.1 Å². The van der Waals surface area contributed by atoms with Crippen LogP contribution in [-0.4, -0.2) is 40.7 Å². The highest BCUT2D eigenvalue weighted by atomic mass is 16.1. The average Bonchev–Trinajstić information content (AvgIpc) is 2.81. The lowest BCUT2D eigenvalue weighted by Crippen LogP contribution is -2.45. The Hall–Kier alpha value is -1.42. The fourth-order valence-corrected chi connectivity index (χ4v) is 3.15. The standard InChI is InChI=1S/C14H18N2O2/c17-10-13-2-1-12-9-11(3-8-16(12)13)15-6-4-14(18)5-7-15/h1-2,10-11H,3-9H2. The lowest BCUT2D eigenvalue weighted by molar-refractivity contribution is -0.122. The Balaban J connectivity index is 1.71. The number of carbonyl (C=O) groups is 2. The summed E-state index contributed by atoms with van der Waals surface area (Å²) in [4.78, 5) is 24.6. The van der Waals surface area contributed by atoms with E-state index < -0.39 is 0 Å². The third-order valence-corrected chi connectivity index (χ3v) is 4.23. The van der Waals surface area contributed by atoms with Crippen LogP contribution in [0.1, 0.15) is 35.4 Å². The maximum absolute atomic E-state index is 11.3. The van der Waals surface area contributed by atoms with Crippen LogP contribution in [0.2, 0.25) is 0 Å². The van der Waals surface area contributed by atoms with Crippen LogP contribution in [0, 0.1) is 0 Å². The predicted molar refractivity (Wildman–Crippen MR) is 67.7 cm³/mol. The van der Waals surface area contributed by atoms with Crippen LogP contribution >= 0.6 is 0 Å². The number of likely N-dealkylation sites (tertiary alicyclic amines) is 1. The van der Waals surface area contributed by atoms with Gasteiger partial charge in [0.05, 0.1) is 5.69 Å². The molecular weight excluding hydrogens is 228 g/mol. The van der Waals surface area contributed by atoms with Gasteiger partial charge in [-0.15, -0.1) is 0 Å². The summed E-state index contributed by atoms with van der Waals surface area (Å²) in [6.07, 6.45) is 4.43.